The van der Waals surface area contributed by atoms with Gasteiger partial charge in [-0.15, -0.1) is 11.3 Å². The number of furan rings is 1. The Balaban J connectivity index is 1.16. The van der Waals surface area contributed by atoms with Crippen LogP contribution in [0.3, 0.4) is 0 Å². The molecule has 7 aromatic carbocycles. The summed E-state index contributed by atoms with van der Waals surface area (Å²) in [4.78, 5) is 14.7. The first-order valence-electron chi connectivity index (χ1n) is 19.0. The topological polar surface area (TPSA) is 56.7 Å². The lowest BCUT2D eigenvalue weighted by Crippen LogP contribution is -2.00. The third-order valence-electron chi connectivity index (χ3n) is 9.56. The van der Waals surface area contributed by atoms with Gasteiger partial charge < -0.3 is 8.98 Å². The van der Waals surface area contributed by atoms with E-state index >= 15 is 0 Å². The molecule has 0 bridgehead atoms. The highest BCUT2D eigenvalue weighted by Gasteiger charge is 2.20. The monoisotopic (exact) mass is 675 g/mol. The average Bonchev–Trinajstić information content (AvgIpc) is 3.92. The van der Waals surface area contributed by atoms with E-state index in [1.54, 1.807) is 11.3 Å². The summed E-state index contributed by atoms with van der Waals surface area (Å²) in [6.45, 7) is 0. The molecular formula is C45H26N4OS. The van der Waals surface area contributed by atoms with E-state index in [1.165, 1.54) is 10.8 Å². The van der Waals surface area contributed by atoms with Crippen molar-refractivity contribution in [2.45, 2.75) is 0 Å². The Morgan fingerprint density at radius 1 is 0.529 bits per heavy atom. The van der Waals surface area contributed by atoms with E-state index in [9.17, 15) is 0 Å². The SMILES string of the molecule is [2H]c1c([2H])c([2H])c(-c2nc(-c3ccc4sc5c(-n6c7ccccc7c7ccccc76)cccc5c4c3)nc(-c3cccc4oc5ccccc5c34)n2)c([2H])c1[2H]. The molecule has 0 radical (unpaired) electrons. The van der Waals surface area contributed by atoms with Gasteiger partial charge in [-0.1, -0.05) is 109 Å². The first-order valence-corrected chi connectivity index (χ1v) is 17.4. The largest absolute Gasteiger partial charge is 0.456 e. The predicted octanol–water partition coefficient (Wildman–Crippen LogP) is 12.2. The molecule has 0 aliphatic heterocycles. The Morgan fingerprint density at radius 3 is 1.98 bits per heavy atom. The fraction of sp³-hybridized carbons (Fsp3) is 0. The van der Waals surface area contributed by atoms with Gasteiger partial charge in [-0.05, 0) is 48.5 Å². The molecule has 6 heteroatoms. The van der Waals surface area contributed by atoms with Gasteiger partial charge in [0.2, 0.25) is 0 Å². The number of thiophene rings is 1. The molecule has 51 heavy (non-hydrogen) atoms. The highest BCUT2D eigenvalue weighted by Crippen LogP contribution is 2.42. The minimum atomic E-state index is -0.483. The maximum Gasteiger partial charge on any atom is 0.164 e. The molecule has 0 fully saturated rings. The maximum atomic E-state index is 8.81. The van der Waals surface area contributed by atoms with Crippen LogP contribution in [-0.2, 0) is 0 Å². The van der Waals surface area contributed by atoms with E-state index in [2.05, 4.69) is 83.4 Å². The summed E-state index contributed by atoms with van der Waals surface area (Å²) in [6.07, 6.45) is 0. The summed E-state index contributed by atoms with van der Waals surface area (Å²) in [6, 6.07) is 40.7. The predicted molar refractivity (Wildman–Crippen MR) is 211 cm³/mol. The fourth-order valence-corrected chi connectivity index (χ4v) is 8.53. The van der Waals surface area contributed by atoms with Crippen LogP contribution in [0.4, 0.5) is 0 Å². The maximum absolute atomic E-state index is 8.81. The number of aromatic nitrogens is 4. The number of hydrogen-bond donors (Lipinski definition) is 0. The number of fused-ring (bicyclic) bond motifs is 9. The highest BCUT2D eigenvalue weighted by atomic mass is 32.1. The Labute approximate surface area is 302 Å². The van der Waals surface area contributed by atoms with E-state index in [0.717, 1.165) is 47.7 Å². The molecule has 5 nitrogen and oxygen atoms in total. The van der Waals surface area contributed by atoms with Crippen LogP contribution in [-0.4, -0.2) is 19.5 Å². The molecule has 0 saturated carbocycles. The third kappa shape index (κ3) is 4.30. The molecule has 238 valence electrons. The van der Waals surface area contributed by atoms with Gasteiger partial charge in [0, 0.05) is 53.7 Å². The number of hydrogen-bond acceptors (Lipinski definition) is 5. The van der Waals surface area contributed by atoms with Gasteiger partial charge in [0.1, 0.15) is 11.2 Å². The summed E-state index contributed by atoms with van der Waals surface area (Å²) in [5, 5.41) is 6.20. The lowest BCUT2D eigenvalue weighted by Gasteiger charge is -2.10. The summed E-state index contributed by atoms with van der Waals surface area (Å²) in [5.74, 6) is 0.579. The van der Waals surface area contributed by atoms with Crippen LogP contribution in [0.2, 0.25) is 0 Å². The summed E-state index contributed by atoms with van der Waals surface area (Å²) < 4.78 is 53.4. The molecule has 0 aliphatic carbocycles. The molecule has 4 heterocycles. The van der Waals surface area contributed by atoms with E-state index in [4.69, 9.17) is 26.2 Å². The Hall–Kier alpha value is -6.63. The number of nitrogens with zero attached hydrogens (tertiary/aromatic N) is 4. The standard InChI is InChI=1S/C45H26N4OS/c1-2-12-27(13-3-1)43-46-44(48-45(47-43)33-18-11-23-39-41(33)32-16-6-9-22-38(32)50-39)28-24-25-40-34(26-28)31-17-10-21-37(42(31)51-40)49-35-19-7-4-14-29(35)30-15-5-8-20-36(30)49/h1-26H/i1D,2D,3D,12D,13D. The number of rotatable bonds is 4. The zero-order chi connectivity index (χ0) is 37.8. The van der Waals surface area contributed by atoms with Crippen molar-refractivity contribution < 1.29 is 11.3 Å². The Morgan fingerprint density at radius 2 is 1.18 bits per heavy atom. The van der Waals surface area contributed by atoms with Gasteiger partial charge in [-0.25, -0.2) is 15.0 Å². The lowest BCUT2D eigenvalue weighted by atomic mass is 10.0. The molecule has 0 N–H and O–H groups in total. The average molecular weight is 676 g/mol. The number of para-hydroxylation sites is 3. The van der Waals surface area contributed by atoms with Crippen LogP contribution in [0.1, 0.15) is 6.85 Å². The van der Waals surface area contributed by atoms with Crippen molar-refractivity contribution in [3.05, 3.63) is 158 Å². The fourth-order valence-electron chi connectivity index (χ4n) is 7.34. The van der Waals surface area contributed by atoms with Gasteiger partial charge in [-0.3, -0.25) is 0 Å². The molecule has 0 spiro atoms. The van der Waals surface area contributed by atoms with Crippen LogP contribution in [0.5, 0.6) is 0 Å². The van der Waals surface area contributed by atoms with Crippen molar-refractivity contribution in [2.24, 2.45) is 0 Å². The summed E-state index contributed by atoms with van der Waals surface area (Å²) >= 11 is 1.73. The summed E-state index contributed by atoms with van der Waals surface area (Å²) in [7, 11) is 0. The molecule has 11 aromatic rings. The molecule has 0 unspecified atom stereocenters. The summed E-state index contributed by atoms with van der Waals surface area (Å²) in [5.41, 5.74) is 6.00. The van der Waals surface area contributed by atoms with Crippen LogP contribution in [0.15, 0.2) is 162 Å². The molecule has 0 saturated heterocycles. The van der Waals surface area contributed by atoms with Gasteiger partial charge in [0.25, 0.3) is 0 Å². The first-order chi connectivity index (χ1) is 27.4. The smallest absolute Gasteiger partial charge is 0.164 e. The molecule has 0 amide bonds. The Kier molecular flexibility index (Phi) is 5.08. The normalized spacial score (nSPS) is 13.3. The van der Waals surface area contributed by atoms with Crippen molar-refractivity contribution in [1.29, 1.82) is 0 Å². The van der Waals surface area contributed by atoms with E-state index in [0.29, 0.717) is 28.1 Å². The van der Waals surface area contributed by atoms with Crippen LogP contribution in [0.25, 0.3) is 104 Å². The van der Waals surface area contributed by atoms with Gasteiger partial charge in [-0.2, -0.15) is 0 Å². The molecule has 11 rings (SSSR count). The molecule has 0 atom stereocenters. The van der Waals surface area contributed by atoms with Crippen molar-refractivity contribution in [3.8, 4) is 39.9 Å². The molecular weight excluding hydrogens is 645 g/mol. The number of benzene rings is 7. The molecule has 4 aromatic heterocycles. The molecule has 0 aliphatic rings. The second-order valence-electron chi connectivity index (χ2n) is 12.4. The minimum absolute atomic E-state index is 0.0178. The van der Waals surface area contributed by atoms with E-state index in [1.807, 2.05) is 48.5 Å². The van der Waals surface area contributed by atoms with Gasteiger partial charge >= 0.3 is 0 Å². The second-order valence-corrected chi connectivity index (χ2v) is 13.5. The minimum Gasteiger partial charge on any atom is -0.456 e. The van der Waals surface area contributed by atoms with Gasteiger partial charge in [0.05, 0.1) is 28.3 Å². The van der Waals surface area contributed by atoms with Crippen LogP contribution in [0, 0.1) is 0 Å². The zero-order valence-electron chi connectivity index (χ0n) is 31.7. The van der Waals surface area contributed by atoms with Crippen LogP contribution < -0.4 is 0 Å². The van der Waals surface area contributed by atoms with Crippen LogP contribution >= 0.6 is 11.3 Å². The third-order valence-corrected chi connectivity index (χ3v) is 10.8. The zero-order valence-corrected chi connectivity index (χ0v) is 27.5. The lowest BCUT2D eigenvalue weighted by molar-refractivity contribution is 0.669. The first kappa shape index (κ1) is 23.7. The van der Waals surface area contributed by atoms with Crippen molar-refractivity contribution in [1.82, 2.24) is 19.5 Å². The van der Waals surface area contributed by atoms with Gasteiger partial charge in [0.15, 0.2) is 17.5 Å². The van der Waals surface area contributed by atoms with Crippen molar-refractivity contribution in [3.63, 3.8) is 0 Å². The quantitative estimate of drug-likeness (QED) is 0.186. The van der Waals surface area contributed by atoms with Crippen molar-refractivity contribution >= 4 is 75.3 Å². The second kappa shape index (κ2) is 10.9. The Bertz CT molecular complexity index is 3380. The van der Waals surface area contributed by atoms with E-state index < -0.39 is 18.1 Å². The highest BCUT2D eigenvalue weighted by molar-refractivity contribution is 7.26. The van der Waals surface area contributed by atoms with Crippen molar-refractivity contribution in [2.75, 3.05) is 0 Å². The van der Waals surface area contributed by atoms with E-state index in [-0.39, 0.29) is 29.3 Å².